The van der Waals surface area contributed by atoms with Gasteiger partial charge in [-0.25, -0.2) is 0 Å². The van der Waals surface area contributed by atoms with Crippen molar-refractivity contribution in [3.63, 3.8) is 0 Å². The molecule has 0 bridgehead atoms. The van der Waals surface area contributed by atoms with Gasteiger partial charge in [-0.1, -0.05) is 62.7 Å². The fraction of sp³-hybridized carbons (Fsp3) is 0.600. The van der Waals surface area contributed by atoms with Crippen LogP contribution in [-0.2, 0) is 18.7 Å². The minimum atomic E-state index is -1.85. The van der Waals surface area contributed by atoms with E-state index in [4.69, 9.17) is 25.5 Å². The van der Waals surface area contributed by atoms with Gasteiger partial charge in [-0.3, -0.25) is 9.59 Å². The lowest BCUT2D eigenvalue weighted by molar-refractivity contribution is -0.128. The zero-order valence-electron chi connectivity index (χ0n) is 27.7. The Kier molecular flexibility index (Phi) is 11.1. The first-order chi connectivity index (χ1) is 20.5. The van der Waals surface area contributed by atoms with Crippen LogP contribution in [0.1, 0.15) is 89.2 Å². The van der Waals surface area contributed by atoms with Gasteiger partial charge in [0.05, 0.1) is 31.0 Å². The van der Waals surface area contributed by atoms with E-state index < -0.39 is 19.9 Å². The average molecular weight is 643 g/mol. The van der Waals surface area contributed by atoms with Gasteiger partial charge in [-0.15, -0.1) is 0 Å². The molecule has 2 fully saturated rings. The number of carbonyl (C=O) groups is 2. The molecule has 0 aliphatic carbocycles. The second-order valence-corrected chi connectivity index (χ2v) is 20.1. The smallest absolute Gasteiger partial charge is 0.254 e. The first-order valence-corrected chi connectivity index (χ1v) is 19.2. The largest absolute Gasteiger partial charge is 0.414 e. The van der Waals surface area contributed by atoms with Gasteiger partial charge in [0, 0.05) is 22.7 Å². The van der Waals surface area contributed by atoms with Gasteiger partial charge < -0.3 is 24.1 Å². The highest BCUT2D eigenvalue weighted by atomic mass is 35.5. The van der Waals surface area contributed by atoms with E-state index in [1.165, 1.54) is 0 Å². The molecule has 0 saturated carbocycles. The van der Waals surface area contributed by atoms with Crippen molar-refractivity contribution >= 4 is 31.7 Å². The highest BCUT2D eigenvalue weighted by Crippen LogP contribution is 2.38. The molecule has 2 aliphatic heterocycles. The SMILES string of the molecule is CC(C)(C)NC(=O)C(c1ccc(Cl)cc1)N(C[C@H]1CC[C@@H]([C@@H]2CC[C@H](CO[Si](C)(C)C(C)(C)C)O2)O1)C(=O)c1ccccc1. The minimum absolute atomic E-state index is 0.00235. The monoisotopic (exact) mass is 642 g/mol. The van der Waals surface area contributed by atoms with E-state index in [2.05, 4.69) is 39.2 Å². The molecular weight excluding hydrogens is 592 g/mol. The summed E-state index contributed by atoms with van der Waals surface area (Å²) in [6.07, 6.45) is 3.30. The predicted molar refractivity (Wildman–Crippen MR) is 179 cm³/mol. The van der Waals surface area contributed by atoms with Crippen molar-refractivity contribution in [3.8, 4) is 0 Å². The molecule has 2 aliphatic rings. The molecule has 2 heterocycles. The lowest BCUT2D eigenvalue weighted by atomic mass is 9.99. The van der Waals surface area contributed by atoms with Gasteiger partial charge in [0.15, 0.2) is 8.32 Å². The molecule has 0 radical (unpaired) electrons. The van der Waals surface area contributed by atoms with Gasteiger partial charge in [0.2, 0.25) is 5.91 Å². The van der Waals surface area contributed by atoms with E-state index >= 15 is 0 Å². The van der Waals surface area contributed by atoms with Crippen LogP contribution in [0, 0.1) is 0 Å². The van der Waals surface area contributed by atoms with E-state index in [-0.39, 0.29) is 47.8 Å². The maximum Gasteiger partial charge on any atom is 0.254 e. The number of ether oxygens (including phenoxy) is 2. The average Bonchev–Trinajstić information content (AvgIpc) is 3.61. The van der Waals surface area contributed by atoms with E-state index in [0.29, 0.717) is 22.8 Å². The molecule has 44 heavy (non-hydrogen) atoms. The number of nitrogens with zero attached hydrogens (tertiary/aromatic N) is 1. The Hall–Kier alpha value is -2.23. The van der Waals surface area contributed by atoms with Crippen molar-refractivity contribution in [2.45, 2.75) is 121 Å². The van der Waals surface area contributed by atoms with Crippen LogP contribution in [0.2, 0.25) is 23.2 Å². The third kappa shape index (κ3) is 8.94. The first kappa shape index (κ1) is 34.6. The predicted octanol–water partition coefficient (Wildman–Crippen LogP) is 7.56. The minimum Gasteiger partial charge on any atom is -0.414 e. The number of nitrogens with one attached hydrogen (secondary N) is 1. The Bertz CT molecular complexity index is 1260. The second kappa shape index (κ2) is 14.0. The van der Waals surface area contributed by atoms with Crippen LogP contribution >= 0.6 is 11.6 Å². The Balaban J connectivity index is 1.51. The summed E-state index contributed by atoms with van der Waals surface area (Å²) in [5, 5.41) is 3.82. The molecule has 1 unspecified atom stereocenters. The van der Waals surface area contributed by atoms with Gasteiger partial charge >= 0.3 is 0 Å². The molecule has 2 aromatic carbocycles. The van der Waals surface area contributed by atoms with Crippen molar-refractivity contribution < 1.29 is 23.5 Å². The van der Waals surface area contributed by atoms with E-state index in [0.717, 1.165) is 25.7 Å². The van der Waals surface area contributed by atoms with Crippen molar-refractivity contribution in [2.75, 3.05) is 13.2 Å². The highest BCUT2D eigenvalue weighted by Gasteiger charge is 2.42. The first-order valence-electron chi connectivity index (χ1n) is 15.9. The third-order valence-corrected chi connectivity index (χ3v) is 13.8. The third-order valence-electron chi connectivity index (χ3n) is 9.06. The molecular formula is C35H51ClN2O5Si. The molecule has 4 rings (SSSR count). The molecule has 242 valence electrons. The van der Waals surface area contributed by atoms with Gasteiger partial charge in [0.1, 0.15) is 6.04 Å². The summed E-state index contributed by atoms with van der Waals surface area (Å²) >= 11 is 6.21. The second-order valence-electron chi connectivity index (χ2n) is 14.8. The van der Waals surface area contributed by atoms with Crippen molar-refractivity contribution in [1.82, 2.24) is 10.2 Å². The van der Waals surface area contributed by atoms with Crippen LogP contribution in [0.4, 0.5) is 0 Å². The molecule has 7 nitrogen and oxygen atoms in total. The zero-order valence-corrected chi connectivity index (χ0v) is 29.4. The number of amides is 2. The summed E-state index contributed by atoms with van der Waals surface area (Å²) in [5.41, 5.74) is 0.731. The molecule has 5 atom stereocenters. The Morgan fingerprint density at radius 1 is 0.909 bits per heavy atom. The molecule has 9 heteroatoms. The maximum atomic E-state index is 14.1. The van der Waals surface area contributed by atoms with Crippen LogP contribution in [0.3, 0.4) is 0 Å². The fourth-order valence-electron chi connectivity index (χ4n) is 5.62. The topological polar surface area (TPSA) is 77.1 Å². The summed E-state index contributed by atoms with van der Waals surface area (Å²) in [6.45, 7) is 18.0. The summed E-state index contributed by atoms with van der Waals surface area (Å²) in [4.78, 5) is 29.7. The van der Waals surface area contributed by atoms with E-state index in [9.17, 15) is 9.59 Å². The number of hydrogen-bond donors (Lipinski definition) is 1. The quantitative estimate of drug-likeness (QED) is 0.271. The van der Waals surface area contributed by atoms with Gasteiger partial charge in [0.25, 0.3) is 5.91 Å². The van der Waals surface area contributed by atoms with Crippen LogP contribution in [-0.4, -0.2) is 68.1 Å². The molecule has 0 spiro atoms. The Morgan fingerprint density at radius 2 is 1.48 bits per heavy atom. The van der Waals surface area contributed by atoms with Crippen LogP contribution < -0.4 is 5.32 Å². The Labute approximate surface area is 270 Å². The highest BCUT2D eigenvalue weighted by molar-refractivity contribution is 6.74. The number of benzene rings is 2. The summed E-state index contributed by atoms with van der Waals surface area (Å²) in [7, 11) is -1.85. The van der Waals surface area contributed by atoms with Crippen molar-refractivity contribution in [1.29, 1.82) is 0 Å². The molecule has 0 aromatic heterocycles. The lowest BCUT2D eigenvalue weighted by Crippen LogP contribution is -2.51. The molecule has 2 saturated heterocycles. The number of rotatable bonds is 10. The van der Waals surface area contributed by atoms with Crippen LogP contribution in [0.25, 0.3) is 0 Å². The normalized spacial score (nSPS) is 23.4. The summed E-state index contributed by atoms with van der Waals surface area (Å²) in [5.74, 6) is -0.469. The van der Waals surface area contributed by atoms with E-state index in [1.807, 2.05) is 51.1 Å². The lowest BCUT2D eigenvalue weighted by Gasteiger charge is -2.37. The van der Waals surface area contributed by atoms with Crippen LogP contribution in [0.5, 0.6) is 0 Å². The Morgan fingerprint density at radius 3 is 2.05 bits per heavy atom. The molecule has 2 aromatic rings. The fourth-order valence-corrected chi connectivity index (χ4v) is 6.78. The zero-order chi connectivity index (χ0) is 32.3. The number of hydrogen-bond acceptors (Lipinski definition) is 5. The number of carbonyl (C=O) groups excluding carboxylic acids is 2. The van der Waals surface area contributed by atoms with Gasteiger partial charge in [-0.2, -0.15) is 0 Å². The van der Waals surface area contributed by atoms with Crippen LogP contribution in [0.15, 0.2) is 54.6 Å². The summed E-state index contributed by atoms with van der Waals surface area (Å²) < 4.78 is 19.5. The van der Waals surface area contributed by atoms with E-state index in [1.54, 1.807) is 29.2 Å². The molecule has 2 amide bonds. The maximum absolute atomic E-state index is 14.1. The molecule has 1 N–H and O–H groups in total. The summed E-state index contributed by atoms with van der Waals surface area (Å²) in [6, 6.07) is 15.4. The van der Waals surface area contributed by atoms with Gasteiger partial charge in [-0.05, 0) is 94.4 Å². The van der Waals surface area contributed by atoms with Crippen molar-refractivity contribution in [3.05, 3.63) is 70.7 Å². The standard InChI is InChI=1S/C35H51ClN2O5Si/c1-34(2,3)37-32(39)31(24-14-16-26(36)17-15-24)38(33(40)25-12-10-9-11-13-25)22-27-18-20-29(42-27)30-21-19-28(43-30)23-41-44(7,8)35(4,5)6/h9-17,27-31H,18-23H2,1-8H3,(H,37,39)/t27-,28-,29+,30+,31?/m1/s1. The van der Waals surface area contributed by atoms with Crippen molar-refractivity contribution in [2.24, 2.45) is 0 Å². The number of halogens is 1.